The van der Waals surface area contributed by atoms with Gasteiger partial charge >= 0.3 is 5.97 Å². The number of nitrogens with zero attached hydrogens (tertiary/aromatic N) is 2. The van der Waals surface area contributed by atoms with Gasteiger partial charge in [-0.3, -0.25) is 14.4 Å². The summed E-state index contributed by atoms with van der Waals surface area (Å²) >= 11 is 0. The normalized spacial score (nSPS) is 19.1. The van der Waals surface area contributed by atoms with Crippen molar-refractivity contribution >= 4 is 29.3 Å². The van der Waals surface area contributed by atoms with Crippen LogP contribution in [0, 0.1) is 0 Å². The van der Waals surface area contributed by atoms with Crippen molar-refractivity contribution in [2.24, 2.45) is 0 Å². The molecule has 0 saturated carbocycles. The van der Waals surface area contributed by atoms with Crippen molar-refractivity contribution in [2.75, 3.05) is 24.6 Å². The molecule has 1 aromatic carbocycles. The van der Waals surface area contributed by atoms with Crippen LogP contribution >= 0.6 is 0 Å². The SMILES string of the molecule is CC(=O)c1ccc2c(c1)N(CCC(=O)N1CCCC1C(=O)O)C(=O)CO2. The van der Waals surface area contributed by atoms with Crippen LogP contribution in [0.15, 0.2) is 18.2 Å². The Balaban J connectivity index is 1.75. The molecule has 1 fully saturated rings. The van der Waals surface area contributed by atoms with E-state index < -0.39 is 12.0 Å². The lowest BCUT2D eigenvalue weighted by Gasteiger charge is -2.30. The van der Waals surface area contributed by atoms with E-state index in [0.717, 1.165) is 0 Å². The summed E-state index contributed by atoms with van der Waals surface area (Å²) < 4.78 is 5.38. The number of ketones is 1. The molecule has 3 rings (SSSR count). The van der Waals surface area contributed by atoms with E-state index in [0.29, 0.717) is 36.4 Å². The van der Waals surface area contributed by atoms with Crippen LogP contribution in [0.2, 0.25) is 0 Å². The van der Waals surface area contributed by atoms with Gasteiger partial charge in [0, 0.05) is 25.1 Å². The van der Waals surface area contributed by atoms with Gasteiger partial charge in [-0.1, -0.05) is 0 Å². The molecule has 138 valence electrons. The molecule has 8 heteroatoms. The molecule has 2 aliphatic rings. The summed E-state index contributed by atoms with van der Waals surface area (Å²) in [4.78, 5) is 50.3. The Morgan fingerprint density at radius 1 is 1.31 bits per heavy atom. The zero-order valence-corrected chi connectivity index (χ0v) is 14.4. The maximum absolute atomic E-state index is 12.4. The van der Waals surface area contributed by atoms with Crippen LogP contribution in [-0.4, -0.2) is 59.3 Å². The maximum Gasteiger partial charge on any atom is 0.326 e. The number of carboxylic acid groups (broad SMARTS) is 1. The molecular formula is C18H20N2O6. The average molecular weight is 360 g/mol. The van der Waals surface area contributed by atoms with Crippen molar-refractivity contribution in [2.45, 2.75) is 32.2 Å². The average Bonchev–Trinajstić information content (AvgIpc) is 3.10. The van der Waals surface area contributed by atoms with Gasteiger partial charge in [-0.25, -0.2) is 4.79 Å². The molecule has 1 saturated heterocycles. The molecule has 2 aliphatic heterocycles. The van der Waals surface area contributed by atoms with Crippen molar-refractivity contribution in [1.82, 2.24) is 4.90 Å². The summed E-state index contributed by atoms with van der Waals surface area (Å²) in [6.45, 7) is 1.82. The first-order chi connectivity index (χ1) is 12.4. The highest BCUT2D eigenvalue weighted by Crippen LogP contribution is 2.33. The number of benzene rings is 1. The summed E-state index contributed by atoms with van der Waals surface area (Å²) in [5.41, 5.74) is 0.904. The van der Waals surface area contributed by atoms with Crippen molar-refractivity contribution in [3.8, 4) is 5.75 Å². The molecule has 1 unspecified atom stereocenters. The van der Waals surface area contributed by atoms with Gasteiger partial charge in [-0.05, 0) is 38.0 Å². The second-order valence-corrected chi connectivity index (χ2v) is 6.41. The fourth-order valence-electron chi connectivity index (χ4n) is 3.34. The Hall–Kier alpha value is -2.90. The lowest BCUT2D eigenvalue weighted by molar-refractivity contribution is -0.148. The predicted molar refractivity (Wildman–Crippen MR) is 91.3 cm³/mol. The van der Waals surface area contributed by atoms with E-state index in [2.05, 4.69) is 0 Å². The van der Waals surface area contributed by atoms with Gasteiger partial charge in [-0.15, -0.1) is 0 Å². The lowest BCUT2D eigenvalue weighted by Crippen LogP contribution is -2.44. The van der Waals surface area contributed by atoms with E-state index in [-0.39, 0.29) is 37.2 Å². The summed E-state index contributed by atoms with van der Waals surface area (Å²) in [5.74, 6) is -1.26. The monoisotopic (exact) mass is 360 g/mol. The number of hydrogen-bond donors (Lipinski definition) is 1. The van der Waals surface area contributed by atoms with E-state index in [4.69, 9.17) is 4.74 Å². The predicted octanol–water partition coefficient (Wildman–Crippen LogP) is 1.08. The third-order valence-corrected chi connectivity index (χ3v) is 4.72. The van der Waals surface area contributed by atoms with Gasteiger partial charge in [-0.2, -0.15) is 0 Å². The zero-order chi connectivity index (χ0) is 18.8. The fourth-order valence-corrected chi connectivity index (χ4v) is 3.34. The summed E-state index contributed by atoms with van der Waals surface area (Å²) in [5, 5.41) is 9.20. The highest BCUT2D eigenvalue weighted by atomic mass is 16.5. The Morgan fingerprint density at radius 3 is 2.77 bits per heavy atom. The molecule has 8 nitrogen and oxygen atoms in total. The van der Waals surface area contributed by atoms with Crippen LogP contribution in [0.25, 0.3) is 0 Å². The Kier molecular flexibility index (Phi) is 4.92. The number of Topliss-reactive ketones (excluding diaryl/α,β-unsaturated/α-hetero) is 1. The molecule has 2 heterocycles. The molecule has 0 aliphatic carbocycles. The molecule has 0 bridgehead atoms. The Bertz CT molecular complexity index is 775. The summed E-state index contributed by atoms with van der Waals surface area (Å²) in [6, 6.07) is 4.05. The maximum atomic E-state index is 12.4. The topological polar surface area (TPSA) is 104 Å². The smallest absolute Gasteiger partial charge is 0.326 e. The van der Waals surface area contributed by atoms with Gasteiger partial charge in [0.1, 0.15) is 11.8 Å². The van der Waals surface area contributed by atoms with Crippen LogP contribution in [0.5, 0.6) is 5.75 Å². The largest absolute Gasteiger partial charge is 0.482 e. The summed E-state index contributed by atoms with van der Waals surface area (Å²) in [6.07, 6.45) is 1.12. The van der Waals surface area contributed by atoms with E-state index in [1.165, 1.54) is 16.7 Å². The Labute approximate surface area is 150 Å². The second-order valence-electron chi connectivity index (χ2n) is 6.41. The molecule has 1 aromatic rings. The number of hydrogen-bond acceptors (Lipinski definition) is 5. The minimum Gasteiger partial charge on any atom is -0.482 e. The number of likely N-dealkylation sites (tertiary alicyclic amines) is 1. The Morgan fingerprint density at radius 2 is 2.08 bits per heavy atom. The fraction of sp³-hybridized carbons (Fsp3) is 0.444. The van der Waals surface area contributed by atoms with Crippen molar-refractivity contribution < 1.29 is 29.0 Å². The van der Waals surface area contributed by atoms with Crippen LogP contribution < -0.4 is 9.64 Å². The zero-order valence-electron chi connectivity index (χ0n) is 14.4. The van der Waals surface area contributed by atoms with Crippen molar-refractivity contribution in [3.63, 3.8) is 0 Å². The van der Waals surface area contributed by atoms with Gasteiger partial charge in [0.15, 0.2) is 12.4 Å². The number of carboxylic acids is 1. The molecule has 1 N–H and O–H groups in total. The number of carbonyl (C=O) groups is 4. The summed E-state index contributed by atoms with van der Waals surface area (Å²) in [7, 11) is 0. The molecule has 0 aromatic heterocycles. The van der Waals surface area contributed by atoms with E-state index in [9.17, 15) is 24.3 Å². The molecular weight excluding hydrogens is 340 g/mol. The molecule has 2 amide bonds. The molecule has 0 radical (unpaired) electrons. The number of aliphatic carboxylic acids is 1. The standard InChI is InChI=1S/C18H20N2O6/c1-11(21)12-4-5-15-14(9-12)20(17(23)10-26-15)8-6-16(22)19-7-2-3-13(19)18(24)25/h4-5,9,13H,2-3,6-8,10H2,1H3,(H,24,25). The minimum absolute atomic E-state index is 0.0132. The molecule has 26 heavy (non-hydrogen) atoms. The number of fused-ring (bicyclic) bond motifs is 1. The highest BCUT2D eigenvalue weighted by Gasteiger charge is 2.34. The number of anilines is 1. The van der Waals surface area contributed by atoms with Crippen LogP contribution in [-0.2, 0) is 14.4 Å². The highest BCUT2D eigenvalue weighted by molar-refractivity contribution is 6.01. The van der Waals surface area contributed by atoms with Gasteiger partial charge in [0.2, 0.25) is 5.91 Å². The van der Waals surface area contributed by atoms with Gasteiger partial charge in [0.25, 0.3) is 5.91 Å². The first-order valence-corrected chi connectivity index (χ1v) is 8.49. The molecule has 0 spiro atoms. The van der Waals surface area contributed by atoms with E-state index in [1.807, 2.05) is 0 Å². The number of ether oxygens (including phenoxy) is 1. The van der Waals surface area contributed by atoms with E-state index >= 15 is 0 Å². The first kappa shape index (κ1) is 17.9. The third kappa shape index (κ3) is 3.40. The molecule has 1 atom stereocenters. The second kappa shape index (κ2) is 7.15. The quantitative estimate of drug-likeness (QED) is 0.788. The number of carbonyl (C=O) groups excluding carboxylic acids is 3. The third-order valence-electron chi connectivity index (χ3n) is 4.72. The number of rotatable bonds is 5. The van der Waals surface area contributed by atoms with Gasteiger partial charge in [0.05, 0.1) is 5.69 Å². The van der Waals surface area contributed by atoms with Crippen molar-refractivity contribution in [3.05, 3.63) is 23.8 Å². The van der Waals surface area contributed by atoms with Crippen LogP contribution in [0.1, 0.15) is 36.5 Å². The van der Waals surface area contributed by atoms with Crippen molar-refractivity contribution in [1.29, 1.82) is 0 Å². The first-order valence-electron chi connectivity index (χ1n) is 8.49. The van der Waals surface area contributed by atoms with Crippen LogP contribution in [0.3, 0.4) is 0 Å². The lowest BCUT2D eigenvalue weighted by atomic mass is 10.1. The van der Waals surface area contributed by atoms with Crippen LogP contribution in [0.4, 0.5) is 5.69 Å². The number of amides is 2. The van der Waals surface area contributed by atoms with E-state index in [1.54, 1.807) is 18.2 Å². The van der Waals surface area contributed by atoms with Gasteiger partial charge < -0.3 is 19.6 Å². The minimum atomic E-state index is -1.00.